The largest absolute Gasteiger partial charge is 0.618 e. The van der Waals surface area contributed by atoms with E-state index in [0.29, 0.717) is 103 Å². The van der Waals surface area contributed by atoms with Gasteiger partial charge in [-0.1, -0.05) is 56.7 Å². The van der Waals surface area contributed by atoms with Gasteiger partial charge in [-0.3, -0.25) is 33.7 Å². The van der Waals surface area contributed by atoms with E-state index < -0.39 is 42.2 Å². The summed E-state index contributed by atoms with van der Waals surface area (Å²) in [6.45, 7) is 5.25. The Morgan fingerprint density at radius 1 is 0.667 bits per heavy atom. The number of fused-ring (bicyclic) bond motifs is 4. The summed E-state index contributed by atoms with van der Waals surface area (Å²) in [5, 5.41) is 44.9. The van der Waals surface area contributed by atoms with Crippen molar-refractivity contribution in [2.75, 3.05) is 46.4 Å². The highest BCUT2D eigenvalue weighted by molar-refractivity contribution is 6.12. The molecule has 22 heteroatoms. The molecule has 4 aromatic rings. The zero-order chi connectivity index (χ0) is 59.6. The van der Waals surface area contributed by atoms with Crippen molar-refractivity contribution < 1.29 is 67.0 Å². The van der Waals surface area contributed by atoms with Gasteiger partial charge < -0.3 is 64.3 Å². The third-order valence-corrected chi connectivity index (χ3v) is 15.5. The second kappa shape index (κ2) is 26.7. The van der Waals surface area contributed by atoms with Gasteiger partial charge in [0.1, 0.15) is 17.8 Å². The van der Waals surface area contributed by atoms with E-state index in [1.807, 2.05) is 76.2 Å². The maximum Gasteiger partial charge on any atom is 0.303 e. The van der Waals surface area contributed by atoms with Crippen molar-refractivity contribution >= 4 is 64.8 Å². The first-order valence-electron chi connectivity index (χ1n) is 28.2. The van der Waals surface area contributed by atoms with Gasteiger partial charge in [-0.15, -0.1) is 0 Å². The quantitative estimate of drug-likeness (QED) is 0.0215. The smallest absolute Gasteiger partial charge is 0.303 e. The zero-order valence-electron chi connectivity index (χ0n) is 47.7. The predicted molar refractivity (Wildman–Crippen MR) is 311 cm³/mol. The molecule has 84 heavy (non-hydrogen) atoms. The van der Waals surface area contributed by atoms with Gasteiger partial charge in [0, 0.05) is 68.9 Å². The summed E-state index contributed by atoms with van der Waals surface area (Å²) >= 11 is 0. The molecule has 5 amide bonds. The van der Waals surface area contributed by atoms with Crippen LogP contribution in [0.3, 0.4) is 0 Å². The molecule has 0 spiro atoms. The number of carboxylic acid groups (broad SMARTS) is 1. The summed E-state index contributed by atoms with van der Waals surface area (Å²) in [6, 6.07) is 12.7. The first kappa shape index (κ1) is 59.3. The fourth-order valence-electron chi connectivity index (χ4n) is 11.0. The van der Waals surface area contributed by atoms with Crippen LogP contribution in [0.4, 0.5) is 5.69 Å². The Kier molecular flexibility index (Phi) is 18.9. The van der Waals surface area contributed by atoms with Crippen molar-refractivity contribution in [3.63, 3.8) is 0 Å². The van der Waals surface area contributed by atoms with Crippen LogP contribution in [0.1, 0.15) is 94.1 Å². The van der Waals surface area contributed by atoms with Gasteiger partial charge in [-0.05, 0) is 84.6 Å². The zero-order valence-corrected chi connectivity index (χ0v) is 47.7. The van der Waals surface area contributed by atoms with E-state index in [-0.39, 0.29) is 62.2 Å². The first-order chi connectivity index (χ1) is 40.5. The third kappa shape index (κ3) is 13.8. The lowest BCUT2D eigenvalue weighted by Crippen LogP contribution is -2.54. The molecule has 4 atom stereocenters. The summed E-state index contributed by atoms with van der Waals surface area (Å²) in [4.78, 5) is 76.6. The number of carboxylic acids is 1. The maximum atomic E-state index is 13.7. The van der Waals surface area contributed by atoms with Crippen LogP contribution in [-0.4, -0.2) is 130 Å². The highest BCUT2D eigenvalue weighted by Crippen LogP contribution is 2.41. The molecule has 22 nitrogen and oxygen atoms in total. The number of anilines is 1. The number of nitrogens with zero attached hydrogens (tertiary/aromatic N) is 5. The molecule has 5 aliphatic rings. The highest BCUT2D eigenvalue weighted by atomic mass is 16.5. The number of carbonyl (C=O) groups is 6. The van der Waals surface area contributed by atoms with E-state index in [2.05, 4.69) is 16.0 Å². The van der Waals surface area contributed by atoms with E-state index in [9.17, 15) is 44.3 Å². The number of allylic oxidation sites excluding steroid dienone is 8. The Bertz CT molecular complexity index is 3380. The Hall–Kier alpha value is -9.34. The second-order valence-corrected chi connectivity index (χ2v) is 21.5. The van der Waals surface area contributed by atoms with Gasteiger partial charge in [0.05, 0.1) is 58.8 Å². The lowest BCUT2D eigenvalue weighted by molar-refractivity contribution is -0.404. The normalized spacial score (nSPS) is 17.7. The Labute approximate surface area is 486 Å². The molecular weight excluding hydrogens is 1080 g/mol. The summed E-state index contributed by atoms with van der Waals surface area (Å²) in [7, 11) is 4.72. The fourth-order valence-corrected chi connectivity index (χ4v) is 11.0. The number of carbonyl (C=O) groups excluding carboxylic acids is 5. The van der Waals surface area contributed by atoms with Crippen LogP contribution in [0.25, 0.3) is 11.1 Å². The minimum atomic E-state index is -1.24. The van der Waals surface area contributed by atoms with E-state index in [1.54, 1.807) is 46.3 Å². The van der Waals surface area contributed by atoms with Crippen molar-refractivity contribution in [3.8, 4) is 28.7 Å². The summed E-state index contributed by atoms with van der Waals surface area (Å²) in [5.41, 5.74) is 6.81. The summed E-state index contributed by atoms with van der Waals surface area (Å²) in [6.07, 6.45) is 19.4. The number of unbranched alkanes of at least 4 members (excludes halogenated alkanes) is 2. The molecule has 4 N–H and O–H groups in total. The number of hydrogen-bond acceptors (Lipinski definition) is 13. The molecule has 0 fully saturated rings. The number of methoxy groups -OCH3 is 3. The maximum absolute atomic E-state index is 13.7. The summed E-state index contributed by atoms with van der Waals surface area (Å²) in [5.74, 6) is -1.61. The SMILES string of the molecule is COc1ccc(C2=CC=C3C(C2)Cn2cc(OCCCOc4cn5c(c4OC)C=[N+]([O-])C4=CC=C(c6ccc(NC(=O)C(CCC(=O)O)NC(=O)C(NC(=O)CCCCCN7C(=O)C=CC7=O)C(C)C)cc6)CC4C5)c(OC)c2C=[N+]3[O-])cc1. The van der Waals surface area contributed by atoms with Crippen molar-refractivity contribution in [3.05, 3.63) is 142 Å². The number of amides is 5. The minimum Gasteiger partial charge on any atom is -0.618 e. The van der Waals surface area contributed by atoms with Gasteiger partial charge in [0.2, 0.25) is 30.2 Å². The van der Waals surface area contributed by atoms with Gasteiger partial charge in [0.15, 0.2) is 45.8 Å². The Morgan fingerprint density at radius 2 is 1.20 bits per heavy atom. The summed E-state index contributed by atoms with van der Waals surface area (Å²) < 4.78 is 35.2. The van der Waals surface area contributed by atoms with Crippen molar-refractivity contribution in [1.29, 1.82) is 0 Å². The molecule has 9 rings (SSSR count). The van der Waals surface area contributed by atoms with Crippen LogP contribution in [0.5, 0.6) is 28.7 Å². The number of aromatic nitrogens is 2. The first-order valence-corrected chi connectivity index (χ1v) is 28.2. The fraction of sp³-hybridized carbons (Fsp3) is 0.387. The van der Waals surface area contributed by atoms with Crippen LogP contribution < -0.4 is 39.6 Å². The van der Waals surface area contributed by atoms with Crippen molar-refractivity contribution in [1.82, 2.24) is 24.7 Å². The standard InChI is InChI=1S/C62H70N8O14/c1-38(2)58(65-54(71)10-7-6-8-27-68-55(72)24-25-56(68)73)62(77)64-47(21-26-57(74)75)61(76)63-45-17-11-39(12-18-45)41-15-22-48-43(30-41)32-66-36-52(59(81-4)50(66)34-69(48)78)83-28-9-29-84-53-37-67-33-44-31-42(40-13-19-46(80-3)20-14-40)16-23-49(44)70(79)35-51(67)60(53)82-5/h11-20,22-25,34-38,43-44,47,58H,6-10,21,26-33H2,1-5H3,(H,63,76)(H,64,77)(H,65,71)(H,74,75). The van der Waals surface area contributed by atoms with Gasteiger partial charge in [-0.2, -0.15) is 9.48 Å². The van der Waals surface area contributed by atoms with Crippen molar-refractivity contribution in [2.45, 2.75) is 96.8 Å². The molecule has 2 aromatic carbocycles. The molecule has 2 aliphatic carbocycles. The molecule has 0 saturated heterocycles. The number of nitrogens with one attached hydrogen (secondary N) is 3. The van der Waals surface area contributed by atoms with Crippen molar-refractivity contribution in [2.24, 2.45) is 17.8 Å². The number of ether oxygens (including phenoxy) is 5. The van der Waals surface area contributed by atoms with Gasteiger partial charge in [0.25, 0.3) is 11.8 Å². The molecule has 4 unspecified atom stereocenters. The van der Waals surface area contributed by atoms with Gasteiger partial charge >= 0.3 is 5.97 Å². The number of benzene rings is 2. The van der Waals surface area contributed by atoms with Crippen LogP contribution in [-0.2, 0) is 41.9 Å². The number of hydrogen-bond donors (Lipinski definition) is 4. The van der Waals surface area contributed by atoms with Gasteiger partial charge in [-0.25, -0.2) is 0 Å². The number of hydroxylamine groups is 2. The highest BCUT2D eigenvalue weighted by Gasteiger charge is 2.36. The molecule has 0 radical (unpaired) electrons. The average molecular weight is 1150 g/mol. The number of aliphatic carboxylic acids is 1. The predicted octanol–water partition coefficient (Wildman–Crippen LogP) is 6.94. The lowest BCUT2D eigenvalue weighted by Gasteiger charge is -2.25. The Morgan fingerprint density at radius 3 is 1.70 bits per heavy atom. The second-order valence-electron chi connectivity index (χ2n) is 21.5. The molecule has 2 aromatic heterocycles. The number of imide groups is 1. The average Bonchev–Trinajstić information content (AvgIpc) is 2.55. The molecule has 0 bridgehead atoms. The minimum absolute atomic E-state index is 0.0786. The molecule has 5 heterocycles. The van der Waals surface area contributed by atoms with Crippen LogP contribution in [0.2, 0.25) is 0 Å². The number of rotatable bonds is 26. The lowest BCUT2D eigenvalue weighted by atomic mass is 9.87. The van der Waals surface area contributed by atoms with Crippen LogP contribution in [0, 0.1) is 28.2 Å². The molecule has 3 aliphatic heterocycles. The van der Waals surface area contributed by atoms with E-state index in [4.69, 9.17) is 23.7 Å². The molecule has 0 saturated carbocycles. The molecular formula is C62H70N8O14. The van der Waals surface area contributed by atoms with Crippen LogP contribution in [0.15, 0.2) is 109 Å². The van der Waals surface area contributed by atoms with E-state index in [0.717, 1.165) is 42.4 Å². The molecule has 442 valence electrons. The monoisotopic (exact) mass is 1150 g/mol. The van der Waals surface area contributed by atoms with E-state index in [1.165, 1.54) is 31.7 Å². The topological polar surface area (TPSA) is 270 Å². The van der Waals surface area contributed by atoms with Crippen LogP contribution >= 0.6 is 0 Å². The Balaban J connectivity index is 0.766. The third-order valence-electron chi connectivity index (χ3n) is 15.5. The van der Waals surface area contributed by atoms with E-state index >= 15 is 0 Å².